The molecule has 1 aromatic heterocycles. The van der Waals surface area contributed by atoms with Gasteiger partial charge in [-0.2, -0.15) is 0 Å². The van der Waals surface area contributed by atoms with Gasteiger partial charge in [0.15, 0.2) is 11.5 Å². The Balaban J connectivity index is 1.61. The van der Waals surface area contributed by atoms with Gasteiger partial charge in [-0.25, -0.2) is 4.98 Å². The fourth-order valence-corrected chi connectivity index (χ4v) is 2.99. The Hall–Kier alpha value is -3.54. The Morgan fingerprint density at radius 1 is 1.00 bits per heavy atom. The van der Waals surface area contributed by atoms with E-state index in [2.05, 4.69) is 10.3 Å². The van der Waals surface area contributed by atoms with Crippen molar-refractivity contribution in [2.45, 2.75) is 6.42 Å². The van der Waals surface area contributed by atoms with E-state index in [1.54, 1.807) is 32.5 Å². The first-order valence-corrected chi connectivity index (χ1v) is 9.36. The van der Waals surface area contributed by atoms with Crippen molar-refractivity contribution in [1.82, 2.24) is 10.3 Å². The van der Waals surface area contributed by atoms with Gasteiger partial charge in [0.25, 0.3) is 5.91 Å². The van der Waals surface area contributed by atoms with Crippen LogP contribution in [0.4, 0.5) is 11.5 Å². The average molecular weight is 391 g/mol. The van der Waals surface area contributed by atoms with Gasteiger partial charge in [-0.15, -0.1) is 0 Å². The summed E-state index contributed by atoms with van der Waals surface area (Å²) in [5.74, 6) is 1.95. The summed E-state index contributed by atoms with van der Waals surface area (Å²) in [6.45, 7) is 0.514. The summed E-state index contributed by atoms with van der Waals surface area (Å²) in [6, 6.07) is 19.2. The second-order valence-electron chi connectivity index (χ2n) is 6.49. The maximum atomic E-state index is 12.6. The largest absolute Gasteiger partial charge is 0.493 e. The number of hydrogen-bond acceptors (Lipinski definition) is 5. The van der Waals surface area contributed by atoms with Gasteiger partial charge in [0, 0.05) is 31.0 Å². The molecule has 2 aromatic carbocycles. The Morgan fingerprint density at radius 3 is 2.48 bits per heavy atom. The van der Waals surface area contributed by atoms with Gasteiger partial charge >= 0.3 is 0 Å². The molecule has 6 nitrogen and oxygen atoms in total. The fraction of sp³-hybridized carbons (Fsp3) is 0.217. The molecule has 0 saturated heterocycles. The third kappa shape index (κ3) is 5.04. The van der Waals surface area contributed by atoms with E-state index in [0.29, 0.717) is 35.8 Å². The van der Waals surface area contributed by atoms with E-state index in [-0.39, 0.29) is 5.91 Å². The van der Waals surface area contributed by atoms with Gasteiger partial charge in [-0.05, 0) is 48.4 Å². The number of rotatable bonds is 8. The molecule has 0 bridgehead atoms. The molecule has 0 atom stereocenters. The highest BCUT2D eigenvalue weighted by atomic mass is 16.5. The maximum absolute atomic E-state index is 12.6. The molecule has 3 aromatic rings. The number of aromatic nitrogens is 1. The molecule has 1 N–H and O–H groups in total. The molecule has 3 rings (SSSR count). The van der Waals surface area contributed by atoms with Crippen molar-refractivity contribution >= 4 is 17.4 Å². The fourth-order valence-electron chi connectivity index (χ4n) is 2.99. The van der Waals surface area contributed by atoms with Gasteiger partial charge in [0.2, 0.25) is 0 Å². The van der Waals surface area contributed by atoms with Crippen LogP contribution in [-0.2, 0) is 6.42 Å². The highest BCUT2D eigenvalue weighted by Crippen LogP contribution is 2.27. The number of carbonyl (C=O) groups is 1. The van der Waals surface area contributed by atoms with E-state index in [0.717, 1.165) is 11.3 Å². The predicted octanol–water partition coefficient (Wildman–Crippen LogP) is 3.84. The van der Waals surface area contributed by atoms with Crippen LogP contribution in [0, 0.1) is 0 Å². The summed E-state index contributed by atoms with van der Waals surface area (Å²) >= 11 is 0. The van der Waals surface area contributed by atoms with Crippen molar-refractivity contribution in [3.63, 3.8) is 0 Å². The standard InChI is InChI=1S/C23H25N3O3/c1-26(19-7-5-4-6-8-19)22-16-18(12-14-24-22)23(27)25-13-11-17-9-10-20(28-2)21(15-17)29-3/h4-10,12,14-16H,11,13H2,1-3H3,(H,25,27). The van der Waals surface area contributed by atoms with Crippen LogP contribution < -0.4 is 19.7 Å². The highest BCUT2D eigenvalue weighted by Gasteiger charge is 2.11. The molecule has 1 amide bonds. The summed E-state index contributed by atoms with van der Waals surface area (Å²) in [5, 5.41) is 2.96. The summed E-state index contributed by atoms with van der Waals surface area (Å²) in [7, 11) is 5.14. The van der Waals surface area contributed by atoms with Gasteiger partial charge < -0.3 is 19.7 Å². The number of amides is 1. The topological polar surface area (TPSA) is 63.7 Å². The quantitative estimate of drug-likeness (QED) is 0.632. The first-order valence-electron chi connectivity index (χ1n) is 9.36. The van der Waals surface area contributed by atoms with Crippen LogP contribution in [0.25, 0.3) is 0 Å². The van der Waals surface area contributed by atoms with E-state index < -0.39 is 0 Å². The molecule has 1 heterocycles. The minimum absolute atomic E-state index is 0.129. The van der Waals surface area contributed by atoms with Crippen molar-refractivity contribution in [1.29, 1.82) is 0 Å². The van der Waals surface area contributed by atoms with Gasteiger partial charge in [0.05, 0.1) is 14.2 Å². The minimum atomic E-state index is -0.129. The lowest BCUT2D eigenvalue weighted by atomic mass is 10.1. The molecule has 0 aliphatic rings. The SMILES string of the molecule is COc1ccc(CCNC(=O)c2ccnc(N(C)c3ccccc3)c2)cc1OC. The molecule has 150 valence electrons. The summed E-state index contributed by atoms with van der Waals surface area (Å²) in [4.78, 5) is 18.9. The number of pyridine rings is 1. The van der Waals surface area contributed by atoms with Crippen LogP contribution in [-0.4, -0.2) is 38.7 Å². The van der Waals surface area contributed by atoms with E-state index in [4.69, 9.17) is 9.47 Å². The molecule has 29 heavy (non-hydrogen) atoms. The lowest BCUT2D eigenvalue weighted by Crippen LogP contribution is -2.26. The second kappa shape index (κ2) is 9.59. The summed E-state index contributed by atoms with van der Waals surface area (Å²) in [5.41, 5.74) is 2.64. The van der Waals surface area contributed by atoms with E-state index in [1.165, 1.54) is 0 Å². The molecule has 0 radical (unpaired) electrons. The van der Waals surface area contributed by atoms with Gasteiger partial charge in [-0.1, -0.05) is 24.3 Å². The van der Waals surface area contributed by atoms with E-state index in [1.807, 2.05) is 60.5 Å². The first-order chi connectivity index (χ1) is 14.1. The Bertz CT molecular complexity index is 961. The van der Waals surface area contributed by atoms with E-state index >= 15 is 0 Å². The summed E-state index contributed by atoms with van der Waals surface area (Å²) < 4.78 is 10.6. The molecule has 0 aliphatic heterocycles. The van der Waals surface area contributed by atoms with Crippen LogP contribution in [0.1, 0.15) is 15.9 Å². The Labute approximate surface area is 171 Å². The van der Waals surface area contributed by atoms with Crippen molar-refractivity contribution in [3.8, 4) is 11.5 Å². The monoisotopic (exact) mass is 391 g/mol. The van der Waals surface area contributed by atoms with Crippen LogP contribution in [0.5, 0.6) is 11.5 Å². The summed E-state index contributed by atoms with van der Waals surface area (Å²) in [6.07, 6.45) is 2.34. The zero-order chi connectivity index (χ0) is 20.6. The molecule has 6 heteroatoms. The number of hydrogen-bond donors (Lipinski definition) is 1. The first kappa shape index (κ1) is 20.2. The molecule has 0 saturated carbocycles. The maximum Gasteiger partial charge on any atom is 0.251 e. The van der Waals surface area contributed by atoms with Crippen molar-refractivity contribution in [2.75, 3.05) is 32.7 Å². The Kier molecular flexibility index (Phi) is 6.68. The highest BCUT2D eigenvalue weighted by molar-refractivity contribution is 5.95. The number of benzene rings is 2. The van der Waals surface area contributed by atoms with E-state index in [9.17, 15) is 4.79 Å². The minimum Gasteiger partial charge on any atom is -0.493 e. The number of para-hydroxylation sites is 1. The smallest absolute Gasteiger partial charge is 0.251 e. The average Bonchev–Trinajstić information content (AvgIpc) is 2.79. The van der Waals surface area contributed by atoms with Gasteiger partial charge in [-0.3, -0.25) is 4.79 Å². The number of carbonyl (C=O) groups excluding carboxylic acids is 1. The number of anilines is 2. The molecule has 0 fully saturated rings. The van der Waals surface area contributed by atoms with Crippen LogP contribution in [0.3, 0.4) is 0 Å². The molecular formula is C23H25N3O3. The molecular weight excluding hydrogens is 366 g/mol. The van der Waals surface area contributed by atoms with Crippen LogP contribution >= 0.6 is 0 Å². The van der Waals surface area contributed by atoms with Crippen LogP contribution in [0.2, 0.25) is 0 Å². The molecule has 0 spiro atoms. The third-order valence-corrected chi connectivity index (χ3v) is 4.64. The van der Waals surface area contributed by atoms with Crippen molar-refractivity contribution in [2.24, 2.45) is 0 Å². The lowest BCUT2D eigenvalue weighted by molar-refractivity contribution is 0.0954. The number of methoxy groups -OCH3 is 2. The van der Waals surface area contributed by atoms with Crippen molar-refractivity contribution < 1.29 is 14.3 Å². The third-order valence-electron chi connectivity index (χ3n) is 4.64. The van der Waals surface area contributed by atoms with Gasteiger partial charge in [0.1, 0.15) is 5.82 Å². The number of nitrogens with zero attached hydrogens (tertiary/aromatic N) is 2. The molecule has 0 aliphatic carbocycles. The predicted molar refractivity (Wildman–Crippen MR) is 114 cm³/mol. The van der Waals surface area contributed by atoms with Crippen LogP contribution in [0.15, 0.2) is 66.9 Å². The Morgan fingerprint density at radius 2 is 1.76 bits per heavy atom. The number of nitrogens with one attached hydrogen (secondary N) is 1. The lowest BCUT2D eigenvalue weighted by Gasteiger charge is -2.18. The normalized spacial score (nSPS) is 10.3. The van der Waals surface area contributed by atoms with Crippen molar-refractivity contribution in [3.05, 3.63) is 78.0 Å². The zero-order valence-electron chi connectivity index (χ0n) is 16.9. The molecule has 0 unspecified atom stereocenters. The number of ether oxygens (including phenoxy) is 2. The zero-order valence-corrected chi connectivity index (χ0v) is 16.9. The second-order valence-corrected chi connectivity index (χ2v) is 6.49.